The fraction of sp³-hybridized carbons (Fsp3) is 0.579. The molecule has 2 atom stereocenters. The molecule has 25 heavy (non-hydrogen) atoms. The Balaban J connectivity index is 1.30. The molecule has 0 radical (unpaired) electrons. The molecule has 0 bridgehead atoms. The molecule has 1 N–H and O–H groups in total. The molecule has 1 saturated carbocycles. The summed E-state index contributed by atoms with van der Waals surface area (Å²) in [7, 11) is 0. The number of nitrogens with zero attached hydrogens (tertiary/aromatic N) is 3. The van der Waals surface area contributed by atoms with E-state index in [4.69, 9.17) is 9.26 Å². The third-order valence-electron chi connectivity index (χ3n) is 5.63. The number of ether oxygens (including phenoxy) is 1. The number of aromatic nitrogens is 2. The molecule has 1 saturated heterocycles. The zero-order valence-corrected chi connectivity index (χ0v) is 14.2. The van der Waals surface area contributed by atoms with Crippen LogP contribution in [0.3, 0.4) is 0 Å². The quantitative estimate of drug-likeness (QED) is 0.898. The summed E-state index contributed by atoms with van der Waals surface area (Å²) >= 11 is 0. The van der Waals surface area contributed by atoms with Crippen molar-refractivity contribution in [2.24, 2.45) is 5.92 Å². The first-order valence-corrected chi connectivity index (χ1v) is 9.21. The van der Waals surface area contributed by atoms with E-state index in [9.17, 15) is 5.11 Å². The maximum atomic E-state index is 9.80. The predicted molar refractivity (Wildman–Crippen MR) is 90.5 cm³/mol. The lowest BCUT2D eigenvalue weighted by atomic mass is 9.97. The number of fused-ring (bicyclic) bond motifs is 1. The minimum atomic E-state index is 0.128. The van der Waals surface area contributed by atoms with Crippen molar-refractivity contribution >= 4 is 0 Å². The Labute approximate surface area is 146 Å². The van der Waals surface area contributed by atoms with Gasteiger partial charge in [-0.05, 0) is 30.0 Å². The highest BCUT2D eigenvalue weighted by Gasteiger charge is 2.38. The molecular formula is C19H23N3O3. The van der Waals surface area contributed by atoms with Crippen LogP contribution in [0.25, 0.3) is 0 Å². The van der Waals surface area contributed by atoms with Crippen LogP contribution < -0.4 is 4.74 Å². The number of benzene rings is 1. The second-order valence-electron chi connectivity index (χ2n) is 7.55. The predicted octanol–water partition coefficient (Wildman–Crippen LogP) is 2.09. The van der Waals surface area contributed by atoms with E-state index in [1.54, 1.807) is 0 Å². The molecule has 1 aliphatic carbocycles. The summed E-state index contributed by atoms with van der Waals surface area (Å²) in [6.07, 6.45) is 3.33. The molecule has 2 aromatic rings. The van der Waals surface area contributed by atoms with Crippen molar-refractivity contribution in [3.05, 3.63) is 41.0 Å². The summed E-state index contributed by atoms with van der Waals surface area (Å²) in [5.74, 6) is 3.36. The van der Waals surface area contributed by atoms with Gasteiger partial charge in [0, 0.05) is 44.5 Å². The lowest BCUT2D eigenvalue weighted by molar-refractivity contribution is 0.205. The van der Waals surface area contributed by atoms with Gasteiger partial charge in [-0.2, -0.15) is 4.98 Å². The highest BCUT2D eigenvalue weighted by molar-refractivity contribution is 5.39. The average molecular weight is 341 g/mol. The van der Waals surface area contributed by atoms with Crippen LogP contribution in [0.15, 0.2) is 22.7 Å². The number of aliphatic hydroxyl groups excluding tert-OH is 1. The maximum Gasteiger partial charge on any atom is 0.231 e. The van der Waals surface area contributed by atoms with Crippen LogP contribution in [0.5, 0.6) is 5.75 Å². The first kappa shape index (κ1) is 15.3. The van der Waals surface area contributed by atoms with Crippen molar-refractivity contribution in [2.75, 3.05) is 26.3 Å². The molecule has 0 amide bonds. The standard InChI is InChI=1S/C19H23N3O3/c23-11-15-9-22(8-12-1-4-17-14(7-12)5-6-24-17)10-16(15)19-20-18(21-25-19)13-2-3-13/h1,4,7,13,15-16,23H,2-3,5-6,8-11H2/t15-,16+/m0/s1. The maximum absolute atomic E-state index is 9.80. The third kappa shape index (κ3) is 2.93. The molecule has 5 rings (SSSR count). The zero-order chi connectivity index (χ0) is 16.8. The normalized spacial score (nSPS) is 26.0. The Morgan fingerprint density at radius 2 is 2.16 bits per heavy atom. The van der Waals surface area contributed by atoms with E-state index in [0.29, 0.717) is 11.8 Å². The SMILES string of the molecule is OC[C@@H]1CN(Cc2ccc3c(c2)CCO3)C[C@H]1c1nc(C2CC2)no1. The van der Waals surface area contributed by atoms with E-state index in [2.05, 4.69) is 33.2 Å². The van der Waals surface area contributed by atoms with E-state index in [1.165, 1.54) is 24.0 Å². The Hall–Kier alpha value is -1.92. The van der Waals surface area contributed by atoms with Gasteiger partial charge in [0.15, 0.2) is 5.82 Å². The largest absolute Gasteiger partial charge is 0.493 e. The van der Waals surface area contributed by atoms with E-state index >= 15 is 0 Å². The van der Waals surface area contributed by atoms with Crippen LogP contribution in [0.4, 0.5) is 0 Å². The van der Waals surface area contributed by atoms with Crippen LogP contribution in [0.2, 0.25) is 0 Å². The highest BCUT2D eigenvalue weighted by Crippen LogP contribution is 2.40. The molecule has 6 nitrogen and oxygen atoms in total. The number of rotatable bonds is 5. The minimum Gasteiger partial charge on any atom is -0.493 e. The molecule has 2 aliphatic heterocycles. The lowest BCUT2D eigenvalue weighted by Gasteiger charge is -2.16. The Morgan fingerprint density at radius 3 is 3.00 bits per heavy atom. The third-order valence-corrected chi connectivity index (χ3v) is 5.63. The molecule has 0 spiro atoms. The summed E-state index contributed by atoms with van der Waals surface area (Å²) in [6, 6.07) is 6.47. The molecule has 0 unspecified atom stereocenters. The average Bonchev–Trinajstić information content (AvgIpc) is 3.04. The van der Waals surface area contributed by atoms with Gasteiger partial charge in [0.25, 0.3) is 0 Å². The summed E-state index contributed by atoms with van der Waals surface area (Å²) < 4.78 is 11.1. The molecule has 3 aliphatic rings. The smallest absolute Gasteiger partial charge is 0.231 e. The van der Waals surface area contributed by atoms with Crippen molar-refractivity contribution in [3.8, 4) is 5.75 Å². The van der Waals surface area contributed by atoms with Gasteiger partial charge in [0.1, 0.15) is 5.75 Å². The minimum absolute atomic E-state index is 0.128. The van der Waals surface area contributed by atoms with Crippen LogP contribution in [-0.2, 0) is 13.0 Å². The van der Waals surface area contributed by atoms with E-state index in [-0.39, 0.29) is 18.4 Å². The second kappa shape index (κ2) is 6.11. The van der Waals surface area contributed by atoms with Crippen LogP contribution in [-0.4, -0.2) is 46.5 Å². The van der Waals surface area contributed by atoms with Gasteiger partial charge in [0.05, 0.1) is 12.5 Å². The molecule has 3 heterocycles. The summed E-state index contributed by atoms with van der Waals surface area (Å²) in [4.78, 5) is 6.99. The second-order valence-corrected chi connectivity index (χ2v) is 7.55. The van der Waals surface area contributed by atoms with Gasteiger partial charge in [0.2, 0.25) is 5.89 Å². The van der Waals surface area contributed by atoms with Gasteiger partial charge < -0.3 is 14.4 Å². The zero-order valence-electron chi connectivity index (χ0n) is 14.2. The topological polar surface area (TPSA) is 71.6 Å². The van der Waals surface area contributed by atoms with Crippen molar-refractivity contribution in [1.82, 2.24) is 15.0 Å². The number of hydrogen-bond acceptors (Lipinski definition) is 6. The summed E-state index contributed by atoms with van der Waals surface area (Å²) in [5.41, 5.74) is 2.60. The number of aliphatic hydroxyl groups is 1. The Morgan fingerprint density at radius 1 is 1.24 bits per heavy atom. The fourth-order valence-corrected chi connectivity index (χ4v) is 4.06. The van der Waals surface area contributed by atoms with Crippen molar-refractivity contribution in [3.63, 3.8) is 0 Å². The van der Waals surface area contributed by atoms with E-state index in [0.717, 1.165) is 44.2 Å². The lowest BCUT2D eigenvalue weighted by Crippen LogP contribution is -2.21. The van der Waals surface area contributed by atoms with Crippen molar-refractivity contribution in [1.29, 1.82) is 0 Å². The highest BCUT2D eigenvalue weighted by atomic mass is 16.5. The Kier molecular flexibility index (Phi) is 3.75. The molecule has 6 heteroatoms. The van der Waals surface area contributed by atoms with Gasteiger partial charge in [-0.25, -0.2) is 0 Å². The van der Waals surface area contributed by atoms with Crippen molar-refractivity contribution < 1.29 is 14.4 Å². The van der Waals surface area contributed by atoms with E-state index in [1.807, 2.05) is 0 Å². The van der Waals surface area contributed by atoms with Gasteiger partial charge in [-0.3, -0.25) is 4.90 Å². The molecule has 132 valence electrons. The number of likely N-dealkylation sites (tertiary alicyclic amines) is 1. The summed E-state index contributed by atoms with van der Waals surface area (Å²) in [6.45, 7) is 3.53. The Bertz CT molecular complexity index is 771. The molecule has 1 aromatic carbocycles. The van der Waals surface area contributed by atoms with E-state index < -0.39 is 0 Å². The fourth-order valence-electron chi connectivity index (χ4n) is 4.06. The van der Waals surface area contributed by atoms with Crippen LogP contribution in [0.1, 0.15) is 47.5 Å². The molecular weight excluding hydrogens is 318 g/mol. The van der Waals surface area contributed by atoms with Crippen LogP contribution in [0, 0.1) is 5.92 Å². The van der Waals surface area contributed by atoms with Gasteiger partial charge in [-0.1, -0.05) is 17.3 Å². The molecule has 1 aromatic heterocycles. The van der Waals surface area contributed by atoms with Crippen molar-refractivity contribution in [2.45, 2.75) is 37.6 Å². The van der Waals surface area contributed by atoms with Gasteiger partial charge in [-0.15, -0.1) is 0 Å². The number of hydrogen-bond donors (Lipinski definition) is 1. The first-order valence-electron chi connectivity index (χ1n) is 9.21. The van der Waals surface area contributed by atoms with Crippen LogP contribution >= 0.6 is 0 Å². The molecule has 2 fully saturated rings. The summed E-state index contributed by atoms with van der Waals surface area (Å²) in [5, 5.41) is 13.9. The first-order chi connectivity index (χ1) is 12.3. The monoisotopic (exact) mass is 341 g/mol. The van der Waals surface area contributed by atoms with Gasteiger partial charge >= 0.3 is 0 Å².